The summed E-state index contributed by atoms with van der Waals surface area (Å²) in [5.74, 6) is -0.174. The van der Waals surface area contributed by atoms with Gasteiger partial charge in [-0.15, -0.1) is 0 Å². The zero-order valence-electron chi connectivity index (χ0n) is 10.5. The van der Waals surface area contributed by atoms with Crippen molar-refractivity contribution in [3.63, 3.8) is 0 Å². The molecule has 4 nitrogen and oxygen atoms in total. The minimum absolute atomic E-state index is 0.174. The Hall–Kier alpha value is -2.07. The molecule has 3 aliphatic heterocycles. The Balaban J connectivity index is 1.71. The molecule has 96 valence electrons. The number of rotatable bonds is 2. The molecule has 3 heterocycles. The maximum Gasteiger partial charge on any atom is 0.228 e. The third kappa shape index (κ3) is 1.40. The van der Waals surface area contributed by atoms with Crippen LogP contribution in [0, 0.1) is 5.41 Å². The smallest absolute Gasteiger partial charge is 0.228 e. The van der Waals surface area contributed by atoms with Gasteiger partial charge in [0.05, 0.1) is 17.6 Å². The Morgan fingerprint density at radius 1 is 1.05 bits per heavy atom. The zero-order chi connectivity index (χ0) is 13.0. The van der Waals surface area contributed by atoms with Crippen molar-refractivity contribution in [1.29, 1.82) is 0 Å². The van der Waals surface area contributed by atoms with Gasteiger partial charge in [-0.05, 0) is 22.9 Å². The summed E-state index contributed by atoms with van der Waals surface area (Å²) < 4.78 is 0. The number of carbonyl (C=O) groups excluding carboxylic acids is 1. The van der Waals surface area contributed by atoms with E-state index in [0.717, 1.165) is 18.8 Å². The number of carbonyl (C=O) groups is 1. The lowest BCUT2D eigenvalue weighted by Gasteiger charge is -2.37. The number of nitrogens with two attached hydrogens (primary N) is 1. The summed E-state index contributed by atoms with van der Waals surface area (Å²) in [6.45, 7) is 2.23. The van der Waals surface area contributed by atoms with Gasteiger partial charge in [-0.25, -0.2) is 5.01 Å². The summed E-state index contributed by atoms with van der Waals surface area (Å²) >= 11 is 0. The Labute approximate surface area is 111 Å². The fourth-order valence-corrected chi connectivity index (χ4v) is 3.14. The molecule has 0 unspecified atom stereocenters. The van der Waals surface area contributed by atoms with Crippen LogP contribution in [0.5, 0.6) is 0 Å². The number of primary amides is 1. The van der Waals surface area contributed by atoms with E-state index < -0.39 is 0 Å². The van der Waals surface area contributed by atoms with Crippen LogP contribution in [-0.4, -0.2) is 30.6 Å². The van der Waals surface area contributed by atoms with E-state index in [1.54, 1.807) is 0 Å². The van der Waals surface area contributed by atoms with E-state index in [1.807, 2.05) is 12.1 Å². The molecule has 0 radical (unpaired) electrons. The molecule has 0 spiro atoms. The second-order valence-corrected chi connectivity index (χ2v) is 5.56. The molecule has 0 aromatic heterocycles. The highest BCUT2D eigenvalue weighted by Crippen LogP contribution is 2.43. The Morgan fingerprint density at radius 3 is 2.47 bits per heavy atom. The topological polar surface area (TPSA) is 49.6 Å². The number of fused-ring (bicyclic) bond motifs is 2. The van der Waals surface area contributed by atoms with Crippen molar-refractivity contribution in [3.05, 3.63) is 42.5 Å². The van der Waals surface area contributed by atoms with Crippen LogP contribution in [0.25, 0.3) is 10.8 Å². The van der Waals surface area contributed by atoms with Crippen LogP contribution < -0.4 is 10.7 Å². The van der Waals surface area contributed by atoms with Crippen LogP contribution in [0.3, 0.4) is 0 Å². The fraction of sp³-hybridized carbons (Fsp3) is 0.267. The lowest BCUT2D eigenvalue weighted by Crippen LogP contribution is -2.56. The number of hydrogen-bond donors (Lipinski definition) is 1. The summed E-state index contributed by atoms with van der Waals surface area (Å²) in [4.78, 5) is 11.5. The van der Waals surface area contributed by atoms with Gasteiger partial charge in [-0.2, -0.15) is 0 Å². The molecule has 2 aromatic rings. The normalized spacial score (nSPS) is 28.4. The van der Waals surface area contributed by atoms with Gasteiger partial charge in [0, 0.05) is 13.1 Å². The largest absolute Gasteiger partial charge is 0.369 e. The van der Waals surface area contributed by atoms with Crippen molar-refractivity contribution in [2.75, 3.05) is 24.6 Å². The average Bonchev–Trinajstić information content (AvgIpc) is 2.94. The van der Waals surface area contributed by atoms with Crippen LogP contribution in [-0.2, 0) is 4.79 Å². The van der Waals surface area contributed by atoms with E-state index in [9.17, 15) is 4.79 Å². The molecule has 2 bridgehead atoms. The van der Waals surface area contributed by atoms with Gasteiger partial charge in [0.1, 0.15) is 0 Å². The molecule has 0 aliphatic carbocycles. The van der Waals surface area contributed by atoms with Crippen molar-refractivity contribution in [1.82, 2.24) is 5.01 Å². The highest BCUT2D eigenvalue weighted by Gasteiger charge is 2.58. The molecule has 4 heteroatoms. The molecule has 1 amide bonds. The van der Waals surface area contributed by atoms with E-state index in [0.29, 0.717) is 6.54 Å². The average molecular weight is 253 g/mol. The first kappa shape index (κ1) is 10.8. The minimum Gasteiger partial charge on any atom is -0.369 e. The van der Waals surface area contributed by atoms with Gasteiger partial charge < -0.3 is 10.7 Å². The number of hydrogen-bond acceptors (Lipinski definition) is 3. The molecular weight excluding hydrogens is 238 g/mol. The number of nitrogens with zero attached hydrogens (tertiary/aromatic N) is 2. The first-order chi connectivity index (χ1) is 9.18. The predicted octanol–water partition coefficient (Wildman–Crippen LogP) is 1.36. The van der Waals surface area contributed by atoms with Gasteiger partial charge >= 0.3 is 0 Å². The predicted molar refractivity (Wildman–Crippen MR) is 74.5 cm³/mol. The van der Waals surface area contributed by atoms with E-state index in [1.165, 1.54) is 10.8 Å². The lowest BCUT2D eigenvalue weighted by molar-refractivity contribution is -0.130. The zero-order valence-corrected chi connectivity index (χ0v) is 10.5. The second kappa shape index (κ2) is 3.48. The molecule has 2 aromatic carbocycles. The standard InChI is InChI=1S/C15H15N3O/c16-14(19)15-8-17(9-15)18(10-15)13-6-5-11-3-1-2-4-12(11)7-13/h1-7H,8-10H2,(H2,16,19). The van der Waals surface area contributed by atoms with Gasteiger partial charge in [0.2, 0.25) is 5.91 Å². The monoisotopic (exact) mass is 253 g/mol. The summed E-state index contributed by atoms with van der Waals surface area (Å²) in [6, 6.07) is 14.7. The van der Waals surface area contributed by atoms with Crippen molar-refractivity contribution in [3.8, 4) is 0 Å². The highest BCUT2D eigenvalue weighted by atomic mass is 16.1. The third-order valence-corrected chi connectivity index (χ3v) is 4.32. The van der Waals surface area contributed by atoms with Crippen molar-refractivity contribution in [2.45, 2.75) is 0 Å². The SMILES string of the molecule is NC(=O)C12CN(C1)N(c1ccc3ccccc3c1)C2. The van der Waals surface area contributed by atoms with Crippen LogP contribution in [0.1, 0.15) is 0 Å². The van der Waals surface area contributed by atoms with Crippen molar-refractivity contribution < 1.29 is 4.79 Å². The Kier molecular flexibility index (Phi) is 1.98. The summed E-state index contributed by atoms with van der Waals surface area (Å²) in [6.07, 6.45) is 0. The van der Waals surface area contributed by atoms with Gasteiger partial charge in [0.15, 0.2) is 0 Å². The fourth-order valence-electron chi connectivity index (χ4n) is 3.14. The van der Waals surface area contributed by atoms with Crippen molar-refractivity contribution in [2.24, 2.45) is 11.1 Å². The van der Waals surface area contributed by atoms with E-state index in [4.69, 9.17) is 5.73 Å². The van der Waals surface area contributed by atoms with Crippen LogP contribution in [0.15, 0.2) is 42.5 Å². The molecule has 0 atom stereocenters. The summed E-state index contributed by atoms with van der Waals surface area (Å²) in [7, 11) is 0. The van der Waals surface area contributed by atoms with Crippen LogP contribution in [0.2, 0.25) is 0 Å². The maximum absolute atomic E-state index is 11.5. The Morgan fingerprint density at radius 2 is 1.79 bits per heavy atom. The maximum atomic E-state index is 11.5. The summed E-state index contributed by atoms with van der Waals surface area (Å²) in [5, 5.41) is 6.82. The van der Waals surface area contributed by atoms with Gasteiger partial charge in [-0.3, -0.25) is 4.79 Å². The van der Waals surface area contributed by atoms with E-state index in [-0.39, 0.29) is 11.3 Å². The highest BCUT2D eigenvalue weighted by molar-refractivity contribution is 5.87. The molecule has 5 rings (SSSR count). The molecule has 0 saturated carbocycles. The minimum atomic E-state index is -0.328. The molecule has 3 aliphatic rings. The molecular formula is C15H15N3O. The molecule has 3 saturated heterocycles. The molecule has 19 heavy (non-hydrogen) atoms. The van der Waals surface area contributed by atoms with Crippen LogP contribution >= 0.6 is 0 Å². The summed E-state index contributed by atoms with van der Waals surface area (Å²) in [5.41, 5.74) is 6.32. The van der Waals surface area contributed by atoms with E-state index in [2.05, 4.69) is 40.3 Å². The first-order valence-corrected chi connectivity index (χ1v) is 6.49. The third-order valence-electron chi connectivity index (χ3n) is 4.32. The first-order valence-electron chi connectivity index (χ1n) is 6.49. The molecule has 2 N–H and O–H groups in total. The van der Waals surface area contributed by atoms with Gasteiger partial charge in [-0.1, -0.05) is 30.3 Å². The van der Waals surface area contributed by atoms with Gasteiger partial charge in [0.25, 0.3) is 0 Å². The second-order valence-electron chi connectivity index (χ2n) is 5.56. The number of hydrazine groups is 1. The molecule has 3 fully saturated rings. The van der Waals surface area contributed by atoms with E-state index >= 15 is 0 Å². The Bertz CT molecular complexity index is 676. The van der Waals surface area contributed by atoms with Crippen LogP contribution in [0.4, 0.5) is 5.69 Å². The number of benzene rings is 2. The quantitative estimate of drug-likeness (QED) is 0.879. The number of anilines is 1. The lowest BCUT2D eigenvalue weighted by atomic mass is 9.83. The van der Waals surface area contributed by atoms with Crippen molar-refractivity contribution >= 4 is 22.4 Å². The number of amides is 1.